The van der Waals surface area contributed by atoms with E-state index in [2.05, 4.69) is 21.2 Å². The van der Waals surface area contributed by atoms with Gasteiger partial charge in [0.05, 0.1) is 9.35 Å². The average Bonchev–Trinajstić information content (AvgIpc) is 2.88. The zero-order valence-electron chi connectivity index (χ0n) is 11.6. The van der Waals surface area contributed by atoms with Crippen LogP contribution in [0, 0.1) is 12.7 Å². The van der Waals surface area contributed by atoms with Crippen molar-refractivity contribution in [2.45, 2.75) is 32.6 Å². The van der Waals surface area contributed by atoms with Crippen molar-refractivity contribution in [2.75, 3.05) is 5.32 Å². The molecule has 0 bridgehead atoms. The molecule has 1 aliphatic rings. The molecular formula is C16H15BrFNOS. The molecule has 1 aliphatic carbocycles. The second kappa shape index (κ2) is 5.89. The Balaban J connectivity index is 1.83. The lowest BCUT2D eigenvalue weighted by atomic mass is 9.99. The molecule has 1 N–H and O–H groups in total. The number of rotatable bonds is 2. The van der Waals surface area contributed by atoms with Crippen molar-refractivity contribution < 1.29 is 9.18 Å². The first-order chi connectivity index (χ1) is 10.0. The van der Waals surface area contributed by atoms with Crippen molar-refractivity contribution in [2.24, 2.45) is 0 Å². The van der Waals surface area contributed by atoms with Crippen molar-refractivity contribution in [1.82, 2.24) is 0 Å². The minimum absolute atomic E-state index is 0.153. The van der Waals surface area contributed by atoms with Crippen LogP contribution >= 0.6 is 27.3 Å². The number of hydrogen-bond donors (Lipinski definition) is 1. The SMILES string of the molecule is Cc1cc(Br)c(F)cc1NC(=O)c1cc2c(s1)CCCC2. The number of anilines is 1. The lowest BCUT2D eigenvalue weighted by Crippen LogP contribution is -2.11. The van der Waals surface area contributed by atoms with Crippen molar-refractivity contribution >= 4 is 38.9 Å². The molecule has 5 heteroatoms. The molecule has 1 amide bonds. The summed E-state index contributed by atoms with van der Waals surface area (Å²) in [7, 11) is 0. The van der Waals surface area contributed by atoms with E-state index < -0.39 is 0 Å². The molecule has 0 unspecified atom stereocenters. The maximum atomic E-state index is 13.6. The van der Waals surface area contributed by atoms with Gasteiger partial charge in [-0.3, -0.25) is 4.79 Å². The quantitative estimate of drug-likeness (QED) is 0.786. The fraction of sp³-hybridized carbons (Fsp3) is 0.312. The lowest BCUT2D eigenvalue weighted by Gasteiger charge is -2.08. The third kappa shape index (κ3) is 3.04. The van der Waals surface area contributed by atoms with Gasteiger partial charge in [-0.1, -0.05) is 0 Å². The van der Waals surface area contributed by atoms with Gasteiger partial charge in [0.2, 0.25) is 0 Å². The minimum Gasteiger partial charge on any atom is -0.321 e. The molecule has 0 spiro atoms. The summed E-state index contributed by atoms with van der Waals surface area (Å²) in [6.45, 7) is 1.85. The molecule has 0 atom stereocenters. The van der Waals surface area contributed by atoms with E-state index in [-0.39, 0.29) is 11.7 Å². The van der Waals surface area contributed by atoms with Crippen molar-refractivity contribution in [3.63, 3.8) is 0 Å². The number of fused-ring (bicyclic) bond motifs is 1. The van der Waals surface area contributed by atoms with E-state index in [4.69, 9.17) is 0 Å². The molecule has 1 heterocycles. The predicted octanol–water partition coefficient (Wildman–Crippen LogP) is 5.09. The average molecular weight is 368 g/mol. The van der Waals surface area contributed by atoms with Crippen LogP contribution in [0.4, 0.5) is 10.1 Å². The van der Waals surface area contributed by atoms with E-state index in [0.29, 0.717) is 15.0 Å². The summed E-state index contributed by atoms with van der Waals surface area (Å²) < 4.78 is 14.0. The summed E-state index contributed by atoms with van der Waals surface area (Å²) in [4.78, 5) is 14.4. The van der Waals surface area contributed by atoms with Gasteiger partial charge in [-0.15, -0.1) is 11.3 Å². The summed E-state index contributed by atoms with van der Waals surface area (Å²) in [5.74, 6) is -0.527. The Morgan fingerprint density at radius 2 is 2.05 bits per heavy atom. The van der Waals surface area contributed by atoms with E-state index in [0.717, 1.165) is 18.4 Å². The third-order valence-corrected chi connectivity index (χ3v) is 5.58. The van der Waals surface area contributed by atoms with Crippen LogP contribution in [-0.4, -0.2) is 5.91 Å². The highest BCUT2D eigenvalue weighted by Crippen LogP contribution is 2.31. The van der Waals surface area contributed by atoms with Gasteiger partial charge >= 0.3 is 0 Å². The number of halogens is 2. The van der Waals surface area contributed by atoms with Gasteiger partial charge in [0.15, 0.2) is 0 Å². The zero-order valence-corrected chi connectivity index (χ0v) is 14.0. The summed E-state index contributed by atoms with van der Waals surface area (Å²) in [6.07, 6.45) is 4.53. The van der Waals surface area contributed by atoms with E-state index in [1.54, 1.807) is 17.4 Å². The van der Waals surface area contributed by atoms with Gasteiger partial charge in [0.25, 0.3) is 5.91 Å². The maximum Gasteiger partial charge on any atom is 0.265 e. The van der Waals surface area contributed by atoms with E-state index in [1.807, 2.05) is 13.0 Å². The molecule has 1 aromatic heterocycles. The molecule has 2 aromatic rings. The molecule has 0 saturated heterocycles. The van der Waals surface area contributed by atoms with Crippen LogP contribution in [0.5, 0.6) is 0 Å². The highest BCUT2D eigenvalue weighted by atomic mass is 79.9. The van der Waals surface area contributed by atoms with Crippen molar-refractivity contribution in [3.05, 3.63) is 49.4 Å². The Labute approximate surface area is 135 Å². The molecule has 2 nitrogen and oxygen atoms in total. The van der Waals surface area contributed by atoms with Gasteiger partial charge < -0.3 is 5.32 Å². The largest absolute Gasteiger partial charge is 0.321 e. The third-order valence-electron chi connectivity index (χ3n) is 3.74. The summed E-state index contributed by atoms with van der Waals surface area (Å²) in [5, 5.41) is 2.81. The minimum atomic E-state index is -0.374. The highest BCUT2D eigenvalue weighted by Gasteiger charge is 2.18. The van der Waals surface area contributed by atoms with Gasteiger partial charge in [-0.2, -0.15) is 0 Å². The van der Waals surface area contributed by atoms with Crippen LogP contribution in [0.15, 0.2) is 22.7 Å². The highest BCUT2D eigenvalue weighted by molar-refractivity contribution is 9.10. The van der Waals surface area contributed by atoms with Crippen LogP contribution in [0.1, 0.15) is 38.5 Å². The number of carbonyl (C=O) groups is 1. The molecule has 1 aromatic carbocycles. The number of aryl methyl sites for hydroxylation is 3. The van der Waals surface area contributed by atoms with Gasteiger partial charge in [0, 0.05) is 10.6 Å². The van der Waals surface area contributed by atoms with E-state index >= 15 is 0 Å². The van der Waals surface area contributed by atoms with Crippen LogP contribution in [0.25, 0.3) is 0 Å². The van der Waals surface area contributed by atoms with Gasteiger partial charge in [0.1, 0.15) is 5.82 Å². The van der Waals surface area contributed by atoms with E-state index in [9.17, 15) is 9.18 Å². The van der Waals surface area contributed by atoms with Crippen LogP contribution in [-0.2, 0) is 12.8 Å². The van der Waals surface area contributed by atoms with Crippen molar-refractivity contribution in [3.8, 4) is 0 Å². The first-order valence-corrected chi connectivity index (χ1v) is 8.54. The molecule has 0 aliphatic heterocycles. The normalized spacial score (nSPS) is 13.9. The topological polar surface area (TPSA) is 29.1 Å². The molecule has 0 radical (unpaired) electrons. The predicted molar refractivity (Wildman–Crippen MR) is 87.8 cm³/mol. The Bertz CT molecular complexity index is 687. The molecule has 21 heavy (non-hydrogen) atoms. The second-order valence-corrected chi connectivity index (χ2v) is 7.29. The maximum absolute atomic E-state index is 13.6. The smallest absolute Gasteiger partial charge is 0.265 e. The number of benzene rings is 1. The standard InChI is InChI=1S/C16H15BrFNOS/c1-9-6-11(17)12(18)8-13(9)19-16(20)15-7-10-4-2-3-5-14(10)21-15/h6-8H,2-5H2,1H3,(H,19,20). The van der Waals surface area contributed by atoms with Gasteiger partial charge in [-0.25, -0.2) is 4.39 Å². The monoisotopic (exact) mass is 367 g/mol. The van der Waals surface area contributed by atoms with Crippen molar-refractivity contribution in [1.29, 1.82) is 0 Å². The lowest BCUT2D eigenvalue weighted by molar-refractivity contribution is 0.103. The number of hydrogen-bond acceptors (Lipinski definition) is 2. The molecule has 110 valence electrons. The number of thiophene rings is 1. The Kier molecular flexibility index (Phi) is 4.13. The first-order valence-electron chi connectivity index (χ1n) is 6.93. The summed E-state index contributed by atoms with van der Waals surface area (Å²) in [5.41, 5.74) is 2.65. The Morgan fingerprint density at radius 3 is 2.81 bits per heavy atom. The van der Waals surface area contributed by atoms with E-state index in [1.165, 1.54) is 29.3 Å². The molecular weight excluding hydrogens is 353 g/mol. The molecule has 3 rings (SSSR count). The fourth-order valence-electron chi connectivity index (χ4n) is 2.57. The van der Waals surface area contributed by atoms with Gasteiger partial charge in [-0.05, 0) is 77.9 Å². The number of nitrogens with one attached hydrogen (secondary N) is 1. The summed E-state index contributed by atoms with van der Waals surface area (Å²) >= 11 is 4.71. The van der Waals surface area contributed by atoms with Crippen LogP contribution in [0.2, 0.25) is 0 Å². The molecule has 0 saturated carbocycles. The first kappa shape index (κ1) is 14.7. The van der Waals surface area contributed by atoms with Crippen LogP contribution in [0.3, 0.4) is 0 Å². The summed E-state index contributed by atoms with van der Waals surface area (Å²) in [6, 6.07) is 5.01. The zero-order chi connectivity index (χ0) is 15.0. The Hall–Kier alpha value is -1.20. The van der Waals surface area contributed by atoms with Crippen LogP contribution < -0.4 is 5.32 Å². The Morgan fingerprint density at radius 1 is 1.29 bits per heavy atom. The second-order valence-electron chi connectivity index (χ2n) is 5.30. The fourth-order valence-corrected chi connectivity index (χ4v) is 4.17. The molecule has 0 fully saturated rings. The number of amides is 1. The number of carbonyl (C=O) groups excluding carboxylic acids is 1.